The van der Waals surface area contributed by atoms with Crippen molar-refractivity contribution in [3.63, 3.8) is 0 Å². The van der Waals surface area contributed by atoms with Gasteiger partial charge in [-0.25, -0.2) is 0 Å². The molecule has 2 heterocycles. The molecule has 3 aromatic rings. The number of carbonyl (C=O) groups is 1. The van der Waals surface area contributed by atoms with E-state index in [9.17, 15) is 4.79 Å². The fourth-order valence-electron chi connectivity index (χ4n) is 2.64. The minimum Gasteiger partial charge on any atom is -0.350 e. The van der Waals surface area contributed by atoms with E-state index in [-0.39, 0.29) is 5.91 Å². The molecule has 0 radical (unpaired) electrons. The molecule has 1 amide bonds. The van der Waals surface area contributed by atoms with Crippen LogP contribution in [0.2, 0.25) is 0 Å². The number of nitrogens with zero attached hydrogens (tertiary/aromatic N) is 2. The summed E-state index contributed by atoms with van der Waals surface area (Å²) in [5, 5.41) is 6.35. The van der Waals surface area contributed by atoms with Crippen molar-refractivity contribution in [2.45, 2.75) is 26.1 Å². The van der Waals surface area contributed by atoms with Crippen LogP contribution in [0.4, 0.5) is 0 Å². The van der Waals surface area contributed by atoms with Crippen molar-refractivity contribution in [2.75, 3.05) is 0 Å². The molecule has 0 fully saturated rings. The van der Waals surface area contributed by atoms with Gasteiger partial charge in [0.15, 0.2) is 0 Å². The third-order valence-corrected chi connectivity index (χ3v) is 4.12. The van der Waals surface area contributed by atoms with E-state index in [1.165, 1.54) is 0 Å². The monoisotopic (exact) mass is 346 g/mol. The summed E-state index contributed by atoms with van der Waals surface area (Å²) >= 11 is 0. The Balaban J connectivity index is 1.71. The highest BCUT2D eigenvalue weighted by Crippen LogP contribution is 2.15. The Hall–Kier alpha value is -3.05. The molecule has 26 heavy (non-hydrogen) atoms. The molecule has 5 heteroatoms. The van der Waals surface area contributed by atoms with Crippen LogP contribution in [0.1, 0.15) is 28.3 Å². The number of nitrogens with one attached hydrogen (secondary N) is 2. The molecule has 3 rings (SSSR count). The number of hydrogen-bond donors (Lipinski definition) is 2. The van der Waals surface area contributed by atoms with E-state index in [1.807, 2.05) is 55.5 Å². The first-order valence-electron chi connectivity index (χ1n) is 8.58. The van der Waals surface area contributed by atoms with Gasteiger partial charge in [-0.05, 0) is 41.8 Å². The molecule has 132 valence electrons. The standard InChI is InChI=1S/C21H22N4O/c1-16-4-6-19(7-5-16)20(24-14-17-8-11-22-12-9-17)21(26)25-15-18-3-2-10-23-13-18/h2-13,20,24H,14-15H2,1H3,(H,25,26). The zero-order chi connectivity index (χ0) is 18.2. The maximum atomic E-state index is 12.8. The number of aromatic nitrogens is 2. The zero-order valence-electron chi connectivity index (χ0n) is 14.7. The van der Waals surface area contributed by atoms with Crippen molar-refractivity contribution >= 4 is 5.91 Å². The molecule has 1 aromatic carbocycles. The van der Waals surface area contributed by atoms with Crippen molar-refractivity contribution in [1.82, 2.24) is 20.6 Å². The van der Waals surface area contributed by atoms with Crippen LogP contribution in [0.25, 0.3) is 0 Å². The third kappa shape index (κ3) is 4.97. The number of carbonyl (C=O) groups excluding carboxylic acids is 1. The van der Waals surface area contributed by atoms with Crippen LogP contribution in [0, 0.1) is 6.92 Å². The first-order chi connectivity index (χ1) is 12.7. The lowest BCUT2D eigenvalue weighted by Crippen LogP contribution is -2.37. The molecule has 1 unspecified atom stereocenters. The molecule has 1 atom stereocenters. The van der Waals surface area contributed by atoms with E-state index < -0.39 is 6.04 Å². The van der Waals surface area contributed by atoms with Crippen molar-refractivity contribution in [2.24, 2.45) is 0 Å². The Morgan fingerprint density at radius 1 is 0.923 bits per heavy atom. The fraction of sp³-hybridized carbons (Fsp3) is 0.190. The summed E-state index contributed by atoms with van der Waals surface area (Å²) in [6, 6.07) is 15.3. The molecule has 0 saturated carbocycles. The van der Waals surface area contributed by atoms with Gasteiger partial charge >= 0.3 is 0 Å². The van der Waals surface area contributed by atoms with Crippen LogP contribution >= 0.6 is 0 Å². The van der Waals surface area contributed by atoms with E-state index in [0.717, 1.165) is 22.3 Å². The first-order valence-corrected chi connectivity index (χ1v) is 8.58. The Bertz CT molecular complexity index is 820. The maximum Gasteiger partial charge on any atom is 0.242 e. The second-order valence-corrected chi connectivity index (χ2v) is 6.16. The number of pyridine rings is 2. The molecule has 0 aliphatic heterocycles. The topological polar surface area (TPSA) is 66.9 Å². The molecular formula is C21H22N4O. The van der Waals surface area contributed by atoms with Gasteiger partial charge in [-0.15, -0.1) is 0 Å². The average Bonchev–Trinajstić information content (AvgIpc) is 2.69. The van der Waals surface area contributed by atoms with Crippen LogP contribution in [0.5, 0.6) is 0 Å². The SMILES string of the molecule is Cc1ccc(C(NCc2ccncc2)C(=O)NCc2cccnc2)cc1. The number of aryl methyl sites for hydroxylation is 1. The predicted molar refractivity (Wildman–Crippen MR) is 101 cm³/mol. The summed E-state index contributed by atoms with van der Waals surface area (Å²) in [7, 11) is 0. The second kappa shape index (κ2) is 8.87. The van der Waals surface area contributed by atoms with Crippen LogP contribution in [-0.4, -0.2) is 15.9 Å². The van der Waals surface area contributed by atoms with Crippen LogP contribution < -0.4 is 10.6 Å². The molecular weight excluding hydrogens is 324 g/mol. The average molecular weight is 346 g/mol. The predicted octanol–water partition coefficient (Wildman–Crippen LogP) is 2.93. The number of benzene rings is 1. The molecule has 2 N–H and O–H groups in total. The van der Waals surface area contributed by atoms with Crippen LogP contribution in [0.15, 0.2) is 73.3 Å². The summed E-state index contributed by atoms with van der Waals surface area (Å²) in [6.07, 6.45) is 6.98. The number of hydrogen-bond acceptors (Lipinski definition) is 4. The largest absolute Gasteiger partial charge is 0.350 e. The van der Waals surface area contributed by atoms with Gasteiger partial charge in [0.05, 0.1) is 0 Å². The zero-order valence-corrected chi connectivity index (χ0v) is 14.7. The van der Waals surface area contributed by atoms with E-state index in [0.29, 0.717) is 13.1 Å². The lowest BCUT2D eigenvalue weighted by atomic mass is 10.0. The summed E-state index contributed by atoms with van der Waals surface area (Å²) < 4.78 is 0. The van der Waals surface area contributed by atoms with Gasteiger partial charge in [-0.3, -0.25) is 20.1 Å². The van der Waals surface area contributed by atoms with Gasteiger partial charge < -0.3 is 5.32 Å². The van der Waals surface area contributed by atoms with Crippen molar-refractivity contribution in [1.29, 1.82) is 0 Å². The molecule has 0 aliphatic carbocycles. The summed E-state index contributed by atoms with van der Waals surface area (Å²) in [4.78, 5) is 20.9. The molecule has 0 bridgehead atoms. The molecule has 0 aliphatic rings. The normalized spacial score (nSPS) is 11.7. The Morgan fingerprint density at radius 3 is 2.38 bits per heavy atom. The first kappa shape index (κ1) is 17.8. The third-order valence-electron chi connectivity index (χ3n) is 4.12. The summed E-state index contributed by atoms with van der Waals surface area (Å²) in [6.45, 7) is 3.07. The van der Waals surface area contributed by atoms with Gasteiger partial charge in [0.1, 0.15) is 6.04 Å². The number of rotatable bonds is 7. The molecule has 2 aromatic heterocycles. The highest BCUT2D eigenvalue weighted by atomic mass is 16.2. The Labute approximate surface area is 153 Å². The molecule has 5 nitrogen and oxygen atoms in total. The summed E-state index contributed by atoms with van der Waals surface area (Å²) in [5.74, 6) is -0.0632. The Kier molecular flexibility index (Phi) is 6.06. The van der Waals surface area contributed by atoms with E-state index in [4.69, 9.17) is 0 Å². The molecule has 0 saturated heterocycles. The Morgan fingerprint density at radius 2 is 1.69 bits per heavy atom. The van der Waals surface area contributed by atoms with Crippen molar-refractivity contribution < 1.29 is 4.79 Å². The van der Waals surface area contributed by atoms with Crippen molar-refractivity contribution in [3.05, 3.63) is 95.6 Å². The lowest BCUT2D eigenvalue weighted by molar-refractivity contribution is -0.123. The minimum atomic E-state index is -0.430. The van der Waals surface area contributed by atoms with E-state index >= 15 is 0 Å². The van der Waals surface area contributed by atoms with E-state index in [2.05, 4.69) is 20.6 Å². The molecule has 0 spiro atoms. The van der Waals surface area contributed by atoms with Gasteiger partial charge in [-0.2, -0.15) is 0 Å². The minimum absolute atomic E-state index is 0.0632. The van der Waals surface area contributed by atoms with Gasteiger partial charge in [0, 0.05) is 37.9 Å². The van der Waals surface area contributed by atoms with Crippen LogP contribution in [0.3, 0.4) is 0 Å². The smallest absolute Gasteiger partial charge is 0.242 e. The van der Waals surface area contributed by atoms with Gasteiger partial charge in [0.25, 0.3) is 0 Å². The highest BCUT2D eigenvalue weighted by Gasteiger charge is 2.19. The van der Waals surface area contributed by atoms with Gasteiger partial charge in [0.2, 0.25) is 5.91 Å². The lowest BCUT2D eigenvalue weighted by Gasteiger charge is -2.19. The van der Waals surface area contributed by atoms with Gasteiger partial charge in [-0.1, -0.05) is 35.9 Å². The van der Waals surface area contributed by atoms with Crippen molar-refractivity contribution in [3.8, 4) is 0 Å². The van der Waals surface area contributed by atoms with E-state index in [1.54, 1.807) is 24.8 Å². The van der Waals surface area contributed by atoms with Crippen LogP contribution in [-0.2, 0) is 17.9 Å². The number of amides is 1. The quantitative estimate of drug-likeness (QED) is 0.690. The second-order valence-electron chi connectivity index (χ2n) is 6.16. The highest BCUT2D eigenvalue weighted by molar-refractivity contribution is 5.83. The maximum absolute atomic E-state index is 12.8. The fourth-order valence-corrected chi connectivity index (χ4v) is 2.64. The summed E-state index contributed by atoms with van der Waals surface area (Å²) in [5.41, 5.74) is 4.15.